The summed E-state index contributed by atoms with van der Waals surface area (Å²) in [6.45, 7) is 4.81. The molecule has 0 aliphatic heterocycles. The smallest absolute Gasteiger partial charge is 0.416 e. The van der Waals surface area contributed by atoms with Gasteiger partial charge in [-0.25, -0.2) is 9.18 Å². The van der Waals surface area contributed by atoms with E-state index in [1.165, 1.54) is 37.3 Å². The summed E-state index contributed by atoms with van der Waals surface area (Å²) in [7, 11) is 0. The van der Waals surface area contributed by atoms with E-state index in [1.54, 1.807) is 13.8 Å². The molecule has 4 nitrogen and oxygen atoms in total. The van der Waals surface area contributed by atoms with Gasteiger partial charge in [-0.2, -0.15) is 13.2 Å². The number of allylic oxidation sites excluding steroid dienone is 3. The first-order valence-corrected chi connectivity index (χ1v) is 9.28. The number of aliphatic hydroxyl groups is 1. The minimum atomic E-state index is -4.68. The lowest BCUT2D eigenvalue weighted by molar-refractivity contribution is -0.137. The Bertz CT molecular complexity index is 1010. The van der Waals surface area contributed by atoms with E-state index >= 15 is 0 Å². The summed E-state index contributed by atoms with van der Waals surface area (Å²) in [5.74, 6) is -2.55. The molecule has 1 aromatic carbocycles. The van der Waals surface area contributed by atoms with Crippen LogP contribution in [-0.2, 0) is 15.8 Å². The first kappa shape index (κ1) is 24.3. The number of hydrogen-bond donors (Lipinski definition) is 2. The normalized spacial score (nSPS) is 22.3. The van der Waals surface area contributed by atoms with E-state index in [4.69, 9.17) is 5.11 Å². The van der Waals surface area contributed by atoms with Crippen LogP contribution in [-0.4, -0.2) is 27.6 Å². The molecule has 0 aromatic heterocycles. The van der Waals surface area contributed by atoms with Gasteiger partial charge in [0, 0.05) is 23.5 Å². The van der Waals surface area contributed by atoms with Crippen LogP contribution < -0.4 is 0 Å². The van der Waals surface area contributed by atoms with Crippen molar-refractivity contribution in [3.63, 3.8) is 0 Å². The van der Waals surface area contributed by atoms with Crippen molar-refractivity contribution in [3.8, 4) is 0 Å². The number of hydrogen-bond acceptors (Lipinski definition) is 3. The van der Waals surface area contributed by atoms with Crippen molar-refractivity contribution in [2.24, 2.45) is 5.41 Å². The van der Waals surface area contributed by atoms with Crippen LogP contribution in [0.5, 0.6) is 0 Å². The summed E-state index contributed by atoms with van der Waals surface area (Å²) < 4.78 is 52.3. The zero-order valence-electron chi connectivity index (χ0n) is 17.1. The Morgan fingerprint density at radius 3 is 2.39 bits per heavy atom. The van der Waals surface area contributed by atoms with Crippen molar-refractivity contribution in [1.82, 2.24) is 0 Å². The number of carboxylic acids is 1. The fourth-order valence-electron chi connectivity index (χ4n) is 3.31. The molecule has 2 rings (SSSR count). The standard InChI is InChI=1S/C23H22F4O4/c1-14(10-20(29)30)8-9-22(31)16(11-18(28)13-21(22,2)3)6-4-15-5-7-17(12-19(15)24)23(25,26)27/h4-12,31H,13H2,1-3H3,(H,29,30)/b6-4+,9-8+,14-10-/t22-/m1/s1. The average Bonchev–Trinajstić information content (AvgIpc) is 2.61. The topological polar surface area (TPSA) is 74.6 Å². The molecule has 0 spiro atoms. The Hall–Kier alpha value is -3.00. The number of halogens is 4. The summed E-state index contributed by atoms with van der Waals surface area (Å²) in [5, 5.41) is 20.2. The molecule has 0 saturated heterocycles. The van der Waals surface area contributed by atoms with Crippen LogP contribution in [0.15, 0.2) is 59.7 Å². The van der Waals surface area contributed by atoms with Crippen LogP contribution in [0.4, 0.5) is 17.6 Å². The van der Waals surface area contributed by atoms with Crippen LogP contribution >= 0.6 is 0 Å². The minimum Gasteiger partial charge on any atom is -0.478 e. The maximum absolute atomic E-state index is 14.2. The molecule has 0 heterocycles. The molecule has 1 aromatic rings. The summed E-state index contributed by atoms with van der Waals surface area (Å²) in [4.78, 5) is 23.0. The van der Waals surface area contributed by atoms with E-state index in [-0.39, 0.29) is 23.3 Å². The van der Waals surface area contributed by atoms with E-state index in [1.807, 2.05) is 0 Å². The van der Waals surface area contributed by atoms with Gasteiger partial charge in [0.1, 0.15) is 11.4 Å². The number of rotatable bonds is 5. The predicted octanol–water partition coefficient (Wildman–Crippen LogP) is 5.10. The van der Waals surface area contributed by atoms with Gasteiger partial charge in [-0.1, -0.05) is 38.1 Å². The van der Waals surface area contributed by atoms with Gasteiger partial charge in [0.2, 0.25) is 0 Å². The van der Waals surface area contributed by atoms with Gasteiger partial charge in [-0.05, 0) is 42.4 Å². The second-order valence-electron chi connectivity index (χ2n) is 8.02. The van der Waals surface area contributed by atoms with Crippen LogP contribution in [0.3, 0.4) is 0 Å². The zero-order valence-corrected chi connectivity index (χ0v) is 17.1. The number of carbonyl (C=O) groups is 2. The van der Waals surface area contributed by atoms with Crippen molar-refractivity contribution in [1.29, 1.82) is 0 Å². The van der Waals surface area contributed by atoms with E-state index in [0.717, 1.165) is 18.2 Å². The number of aliphatic carboxylic acids is 1. The third kappa shape index (κ3) is 5.58. The molecule has 31 heavy (non-hydrogen) atoms. The van der Waals surface area contributed by atoms with Crippen molar-refractivity contribution < 1.29 is 37.4 Å². The lowest BCUT2D eigenvalue weighted by Gasteiger charge is -2.44. The molecular weight excluding hydrogens is 416 g/mol. The second-order valence-corrected chi connectivity index (χ2v) is 8.02. The van der Waals surface area contributed by atoms with Gasteiger partial charge < -0.3 is 10.2 Å². The molecule has 0 unspecified atom stereocenters. The lowest BCUT2D eigenvalue weighted by Crippen LogP contribution is -2.48. The van der Waals surface area contributed by atoms with Crippen LogP contribution in [0.2, 0.25) is 0 Å². The summed E-state index contributed by atoms with van der Waals surface area (Å²) in [6, 6.07) is 2.06. The molecule has 0 amide bonds. The number of alkyl halides is 3. The highest BCUT2D eigenvalue weighted by molar-refractivity contribution is 5.94. The largest absolute Gasteiger partial charge is 0.478 e. The van der Waals surface area contributed by atoms with Crippen LogP contribution in [0, 0.1) is 11.2 Å². The van der Waals surface area contributed by atoms with Crippen molar-refractivity contribution in [2.45, 2.75) is 39.0 Å². The molecule has 0 radical (unpaired) electrons. The van der Waals surface area contributed by atoms with Gasteiger partial charge in [0.25, 0.3) is 0 Å². The van der Waals surface area contributed by atoms with Gasteiger partial charge in [0.05, 0.1) is 5.56 Å². The molecule has 8 heteroatoms. The van der Waals surface area contributed by atoms with Crippen molar-refractivity contribution >= 4 is 17.8 Å². The first-order valence-electron chi connectivity index (χ1n) is 9.28. The third-order valence-corrected chi connectivity index (χ3v) is 5.11. The zero-order chi connectivity index (χ0) is 23.6. The fraction of sp³-hybridized carbons (Fsp3) is 0.304. The maximum atomic E-state index is 14.2. The highest BCUT2D eigenvalue weighted by Gasteiger charge is 2.47. The second kappa shape index (κ2) is 8.63. The molecule has 1 aliphatic carbocycles. The Kier molecular flexibility index (Phi) is 6.75. The number of benzene rings is 1. The average molecular weight is 438 g/mol. The minimum absolute atomic E-state index is 0.00150. The highest BCUT2D eigenvalue weighted by atomic mass is 19.4. The molecule has 0 bridgehead atoms. The van der Waals surface area contributed by atoms with Crippen LogP contribution in [0.25, 0.3) is 6.08 Å². The summed E-state index contributed by atoms with van der Waals surface area (Å²) in [6.07, 6.45) is 2.64. The Morgan fingerprint density at radius 1 is 1.19 bits per heavy atom. The van der Waals surface area contributed by atoms with E-state index < -0.39 is 34.5 Å². The number of carboxylic acid groups (broad SMARTS) is 1. The molecule has 1 aliphatic rings. The molecule has 166 valence electrons. The molecule has 2 N–H and O–H groups in total. The number of carbonyl (C=O) groups excluding carboxylic acids is 1. The monoisotopic (exact) mass is 438 g/mol. The van der Waals surface area contributed by atoms with Crippen molar-refractivity contribution in [3.05, 3.63) is 76.7 Å². The van der Waals surface area contributed by atoms with Gasteiger partial charge in [0.15, 0.2) is 5.78 Å². The van der Waals surface area contributed by atoms with E-state index in [0.29, 0.717) is 11.6 Å². The summed E-state index contributed by atoms with van der Waals surface area (Å²) >= 11 is 0. The summed E-state index contributed by atoms with van der Waals surface area (Å²) in [5.41, 5.74) is -3.54. The van der Waals surface area contributed by atoms with E-state index in [9.17, 15) is 32.3 Å². The van der Waals surface area contributed by atoms with Gasteiger partial charge in [-0.15, -0.1) is 0 Å². The third-order valence-electron chi connectivity index (χ3n) is 5.11. The predicted molar refractivity (Wildman–Crippen MR) is 107 cm³/mol. The highest BCUT2D eigenvalue weighted by Crippen LogP contribution is 2.45. The Morgan fingerprint density at radius 2 is 1.84 bits per heavy atom. The Balaban J connectivity index is 2.47. The fourth-order valence-corrected chi connectivity index (χ4v) is 3.31. The lowest BCUT2D eigenvalue weighted by atomic mass is 9.64. The molecule has 1 atom stereocenters. The first-order chi connectivity index (χ1) is 14.2. The van der Waals surface area contributed by atoms with Gasteiger partial charge >= 0.3 is 12.1 Å². The maximum Gasteiger partial charge on any atom is 0.416 e. The van der Waals surface area contributed by atoms with Crippen molar-refractivity contribution in [2.75, 3.05) is 0 Å². The van der Waals surface area contributed by atoms with Crippen LogP contribution in [0.1, 0.15) is 38.3 Å². The van der Waals surface area contributed by atoms with E-state index in [2.05, 4.69) is 0 Å². The molecule has 0 fully saturated rings. The Labute approximate surface area is 176 Å². The van der Waals surface area contributed by atoms with Gasteiger partial charge in [-0.3, -0.25) is 4.79 Å². The molecule has 0 saturated carbocycles. The quantitative estimate of drug-likeness (QED) is 0.381. The number of ketones is 1. The SMILES string of the molecule is CC(=C/C(=O)O)/C=C/[C@@]1(O)C(/C=C/c2ccc(C(F)(F)F)cc2F)=CC(=O)CC1(C)C. The molecular formula is C23H22F4O4.